The summed E-state index contributed by atoms with van der Waals surface area (Å²) in [4.78, 5) is 15.8. The Morgan fingerprint density at radius 3 is 2.93 bits per heavy atom. The minimum absolute atomic E-state index is 0.0926. The van der Waals surface area contributed by atoms with Crippen LogP contribution < -0.4 is 11.1 Å². The molecular formula is C11H15N3O. The van der Waals surface area contributed by atoms with Gasteiger partial charge in [-0.05, 0) is 31.4 Å². The number of nitrogens with zero attached hydrogens (tertiary/aromatic N) is 1. The second kappa shape index (κ2) is 3.98. The highest BCUT2D eigenvalue weighted by Crippen LogP contribution is 2.18. The molecule has 1 aliphatic rings. The summed E-state index contributed by atoms with van der Waals surface area (Å²) in [7, 11) is 0. The summed E-state index contributed by atoms with van der Waals surface area (Å²) in [5, 5.41) is 2.92. The molecule has 0 radical (unpaired) electrons. The van der Waals surface area contributed by atoms with Gasteiger partial charge >= 0.3 is 0 Å². The molecule has 1 fully saturated rings. The number of hydrogen-bond acceptors (Lipinski definition) is 3. The highest BCUT2D eigenvalue weighted by Gasteiger charge is 2.27. The molecule has 0 atom stereocenters. The zero-order chi connectivity index (χ0) is 10.8. The summed E-state index contributed by atoms with van der Waals surface area (Å²) in [6.07, 6.45) is 3.38. The Kier molecular flexibility index (Phi) is 2.68. The van der Waals surface area contributed by atoms with Gasteiger partial charge in [-0.3, -0.25) is 9.78 Å². The number of carbonyl (C=O) groups excluding carboxylic acids is 1. The summed E-state index contributed by atoms with van der Waals surface area (Å²) in [5.41, 5.74) is 7.06. The molecule has 0 bridgehead atoms. The first-order valence-electron chi connectivity index (χ1n) is 5.15. The lowest BCUT2D eigenvalue weighted by Crippen LogP contribution is -2.50. The van der Waals surface area contributed by atoms with Crippen LogP contribution in [0.4, 0.5) is 0 Å². The molecule has 0 unspecified atom stereocenters. The monoisotopic (exact) mass is 205 g/mol. The Labute approximate surface area is 88.9 Å². The van der Waals surface area contributed by atoms with Gasteiger partial charge in [-0.25, -0.2) is 0 Å². The summed E-state index contributed by atoms with van der Waals surface area (Å²) in [5.74, 6) is -0.0926. The Morgan fingerprint density at radius 1 is 1.60 bits per heavy atom. The van der Waals surface area contributed by atoms with Crippen LogP contribution >= 0.6 is 0 Å². The van der Waals surface area contributed by atoms with Crippen molar-refractivity contribution < 1.29 is 4.79 Å². The van der Waals surface area contributed by atoms with E-state index in [1.165, 1.54) is 0 Å². The molecule has 1 saturated carbocycles. The number of aromatic nitrogens is 1. The number of pyridine rings is 1. The molecule has 4 nitrogen and oxygen atoms in total. The first-order chi connectivity index (χ1) is 7.16. The predicted molar refractivity (Wildman–Crippen MR) is 57.4 cm³/mol. The van der Waals surface area contributed by atoms with Crippen LogP contribution in [0.2, 0.25) is 0 Å². The predicted octanol–water partition coefficient (Wildman–Crippen LogP) is 0.610. The van der Waals surface area contributed by atoms with Crippen LogP contribution in [0.5, 0.6) is 0 Å². The van der Waals surface area contributed by atoms with E-state index in [0.717, 1.165) is 18.4 Å². The third-order valence-electron chi connectivity index (χ3n) is 2.73. The standard InChI is InChI=1S/C11H15N3O/c1-7-3-2-4-13-10(7)11(15)14-9-5-8(12)6-9/h2-4,8-9H,5-6,12H2,1H3,(H,14,15). The average Bonchev–Trinajstić information content (AvgIpc) is 2.16. The van der Waals surface area contributed by atoms with E-state index in [9.17, 15) is 4.79 Å². The molecule has 15 heavy (non-hydrogen) atoms. The largest absolute Gasteiger partial charge is 0.348 e. The smallest absolute Gasteiger partial charge is 0.270 e. The molecule has 0 saturated heterocycles. The van der Waals surface area contributed by atoms with Gasteiger partial charge in [-0.2, -0.15) is 0 Å². The molecule has 1 aromatic rings. The number of amides is 1. The molecule has 4 heteroatoms. The van der Waals surface area contributed by atoms with E-state index in [1.807, 2.05) is 19.1 Å². The van der Waals surface area contributed by atoms with Gasteiger partial charge in [0.2, 0.25) is 0 Å². The molecule has 80 valence electrons. The van der Waals surface area contributed by atoms with Crippen molar-refractivity contribution in [2.45, 2.75) is 31.8 Å². The Balaban J connectivity index is 1.99. The summed E-state index contributed by atoms with van der Waals surface area (Å²) >= 11 is 0. The third kappa shape index (κ3) is 2.15. The minimum Gasteiger partial charge on any atom is -0.348 e. The van der Waals surface area contributed by atoms with Crippen molar-refractivity contribution in [3.8, 4) is 0 Å². The van der Waals surface area contributed by atoms with Gasteiger partial charge in [0.15, 0.2) is 0 Å². The van der Waals surface area contributed by atoms with Crippen molar-refractivity contribution in [1.29, 1.82) is 0 Å². The molecular weight excluding hydrogens is 190 g/mol. The Bertz CT molecular complexity index is 372. The second-order valence-corrected chi connectivity index (χ2v) is 4.07. The van der Waals surface area contributed by atoms with E-state index >= 15 is 0 Å². The van der Waals surface area contributed by atoms with Crippen molar-refractivity contribution in [2.75, 3.05) is 0 Å². The molecule has 2 rings (SSSR count). The number of carbonyl (C=O) groups is 1. The molecule has 0 aromatic carbocycles. The minimum atomic E-state index is -0.0926. The van der Waals surface area contributed by atoms with Crippen LogP contribution in [0.15, 0.2) is 18.3 Å². The number of rotatable bonds is 2. The fourth-order valence-corrected chi connectivity index (χ4v) is 1.76. The number of nitrogens with one attached hydrogen (secondary N) is 1. The van der Waals surface area contributed by atoms with Gasteiger partial charge in [-0.1, -0.05) is 6.07 Å². The van der Waals surface area contributed by atoms with Gasteiger partial charge in [0.05, 0.1) is 0 Å². The summed E-state index contributed by atoms with van der Waals surface area (Å²) in [6, 6.07) is 4.19. The van der Waals surface area contributed by atoms with Crippen LogP contribution in [0.25, 0.3) is 0 Å². The SMILES string of the molecule is Cc1cccnc1C(=O)NC1CC(N)C1. The maximum atomic E-state index is 11.8. The highest BCUT2D eigenvalue weighted by molar-refractivity contribution is 5.93. The quantitative estimate of drug-likeness (QED) is 0.743. The molecule has 3 N–H and O–H groups in total. The lowest BCUT2D eigenvalue weighted by atomic mass is 9.87. The molecule has 1 aliphatic carbocycles. The molecule has 0 aliphatic heterocycles. The zero-order valence-corrected chi connectivity index (χ0v) is 8.73. The molecule has 0 spiro atoms. The van der Waals surface area contributed by atoms with Crippen molar-refractivity contribution in [1.82, 2.24) is 10.3 Å². The van der Waals surface area contributed by atoms with Crippen molar-refractivity contribution in [3.63, 3.8) is 0 Å². The second-order valence-electron chi connectivity index (χ2n) is 4.07. The third-order valence-corrected chi connectivity index (χ3v) is 2.73. The van der Waals surface area contributed by atoms with E-state index in [1.54, 1.807) is 6.20 Å². The van der Waals surface area contributed by atoms with Crippen LogP contribution in [0, 0.1) is 6.92 Å². The van der Waals surface area contributed by atoms with Crippen LogP contribution in [0.3, 0.4) is 0 Å². The van der Waals surface area contributed by atoms with Crippen molar-refractivity contribution in [2.24, 2.45) is 5.73 Å². The number of nitrogens with two attached hydrogens (primary N) is 1. The Morgan fingerprint density at radius 2 is 2.33 bits per heavy atom. The molecule has 1 aromatic heterocycles. The maximum absolute atomic E-state index is 11.8. The van der Waals surface area contributed by atoms with Gasteiger partial charge in [-0.15, -0.1) is 0 Å². The van der Waals surface area contributed by atoms with Crippen molar-refractivity contribution >= 4 is 5.91 Å². The summed E-state index contributed by atoms with van der Waals surface area (Å²) < 4.78 is 0. The number of hydrogen-bond donors (Lipinski definition) is 2. The highest BCUT2D eigenvalue weighted by atomic mass is 16.1. The van der Waals surface area contributed by atoms with E-state index in [4.69, 9.17) is 5.73 Å². The first kappa shape index (κ1) is 10.1. The van der Waals surface area contributed by atoms with E-state index in [2.05, 4.69) is 10.3 Å². The van der Waals surface area contributed by atoms with Crippen LogP contribution in [-0.2, 0) is 0 Å². The topological polar surface area (TPSA) is 68.0 Å². The fourth-order valence-electron chi connectivity index (χ4n) is 1.76. The van der Waals surface area contributed by atoms with Gasteiger partial charge < -0.3 is 11.1 Å². The Hall–Kier alpha value is -1.42. The molecule has 1 heterocycles. The van der Waals surface area contributed by atoms with Gasteiger partial charge in [0.25, 0.3) is 5.91 Å². The van der Waals surface area contributed by atoms with Gasteiger partial charge in [0.1, 0.15) is 5.69 Å². The van der Waals surface area contributed by atoms with Crippen molar-refractivity contribution in [3.05, 3.63) is 29.6 Å². The lowest BCUT2D eigenvalue weighted by molar-refractivity contribution is 0.0904. The fraction of sp³-hybridized carbons (Fsp3) is 0.455. The van der Waals surface area contributed by atoms with Gasteiger partial charge in [0, 0.05) is 18.3 Å². The lowest BCUT2D eigenvalue weighted by Gasteiger charge is -2.32. The first-order valence-corrected chi connectivity index (χ1v) is 5.15. The normalized spacial score (nSPS) is 24.4. The number of aryl methyl sites for hydroxylation is 1. The van der Waals surface area contributed by atoms with E-state index < -0.39 is 0 Å². The maximum Gasteiger partial charge on any atom is 0.270 e. The average molecular weight is 205 g/mol. The van der Waals surface area contributed by atoms with E-state index in [0.29, 0.717) is 5.69 Å². The van der Waals surface area contributed by atoms with E-state index in [-0.39, 0.29) is 18.0 Å². The van der Waals surface area contributed by atoms with Crippen LogP contribution in [-0.4, -0.2) is 23.0 Å². The zero-order valence-electron chi connectivity index (χ0n) is 8.73. The van der Waals surface area contributed by atoms with Crippen LogP contribution in [0.1, 0.15) is 28.9 Å². The summed E-state index contributed by atoms with van der Waals surface area (Å²) in [6.45, 7) is 1.88. The molecule has 1 amide bonds.